The molecule has 0 saturated heterocycles. The van der Waals surface area contributed by atoms with E-state index in [0.29, 0.717) is 36.4 Å². The second-order valence-corrected chi connectivity index (χ2v) is 12.0. The number of nitrogens with one attached hydrogen (secondary N) is 1. The van der Waals surface area contributed by atoms with Crippen molar-refractivity contribution in [1.82, 2.24) is 10.2 Å². The van der Waals surface area contributed by atoms with Crippen LogP contribution >= 0.6 is 0 Å². The van der Waals surface area contributed by atoms with E-state index in [1.54, 1.807) is 55.5 Å². The van der Waals surface area contributed by atoms with Gasteiger partial charge < -0.3 is 15.0 Å². The molecule has 8 nitrogen and oxygen atoms in total. The average Bonchev–Trinajstić information content (AvgIpc) is 2.97. The second-order valence-electron chi connectivity index (χ2n) is 10.1. The van der Waals surface area contributed by atoms with E-state index in [2.05, 4.69) is 5.32 Å². The van der Waals surface area contributed by atoms with Crippen molar-refractivity contribution in [2.75, 3.05) is 17.5 Å². The molecule has 0 unspecified atom stereocenters. The highest BCUT2D eigenvalue weighted by molar-refractivity contribution is 7.92. The number of anilines is 1. The van der Waals surface area contributed by atoms with Gasteiger partial charge in [0, 0.05) is 12.6 Å². The first-order chi connectivity index (χ1) is 20.0. The van der Waals surface area contributed by atoms with Crippen molar-refractivity contribution in [3.63, 3.8) is 0 Å². The predicted octanol–water partition coefficient (Wildman–Crippen LogP) is 5.45. The predicted molar refractivity (Wildman–Crippen MR) is 162 cm³/mol. The van der Waals surface area contributed by atoms with E-state index in [9.17, 15) is 22.4 Å². The molecule has 0 spiro atoms. The van der Waals surface area contributed by atoms with Crippen molar-refractivity contribution in [2.24, 2.45) is 0 Å². The molecule has 0 fully saturated rings. The van der Waals surface area contributed by atoms with Crippen molar-refractivity contribution in [3.05, 3.63) is 89.7 Å². The first-order valence-electron chi connectivity index (χ1n) is 14.2. The Hall–Kier alpha value is -3.92. The molecule has 42 heavy (non-hydrogen) atoms. The molecule has 1 N–H and O–H groups in total. The van der Waals surface area contributed by atoms with Crippen LogP contribution in [0.15, 0.2) is 77.7 Å². The third kappa shape index (κ3) is 8.31. The molecule has 3 aromatic carbocycles. The Kier molecular flexibility index (Phi) is 11.5. The van der Waals surface area contributed by atoms with Gasteiger partial charge in [0.1, 0.15) is 24.2 Å². The topological polar surface area (TPSA) is 96.0 Å². The van der Waals surface area contributed by atoms with Crippen LogP contribution in [-0.4, -0.2) is 50.4 Å². The number of rotatable bonds is 14. The van der Waals surface area contributed by atoms with E-state index in [1.807, 2.05) is 27.7 Å². The quantitative estimate of drug-likeness (QED) is 0.267. The zero-order chi connectivity index (χ0) is 30.9. The normalized spacial score (nSPS) is 12.7. The van der Waals surface area contributed by atoms with Gasteiger partial charge in [-0.2, -0.15) is 0 Å². The molecule has 0 aliphatic carbocycles. The van der Waals surface area contributed by atoms with Gasteiger partial charge in [0.25, 0.3) is 10.0 Å². The van der Waals surface area contributed by atoms with Crippen molar-refractivity contribution < 1.29 is 27.1 Å². The van der Waals surface area contributed by atoms with Gasteiger partial charge in [0.15, 0.2) is 0 Å². The number of nitrogens with zero attached hydrogens (tertiary/aromatic N) is 2. The van der Waals surface area contributed by atoms with Gasteiger partial charge in [-0.3, -0.25) is 13.9 Å². The van der Waals surface area contributed by atoms with Crippen LogP contribution in [0.1, 0.15) is 51.7 Å². The lowest BCUT2D eigenvalue weighted by Gasteiger charge is -2.33. The van der Waals surface area contributed by atoms with Crippen molar-refractivity contribution in [1.29, 1.82) is 0 Å². The minimum absolute atomic E-state index is 0.00359. The largest absolute Gasteiger partial charge is 0.494 e. The van der Waals surface area contributed by atoms with Crippen LogP contribution in [0.3, 0.4) is 0 Å². The van der Waals surface area contributed by atoms with Crippen molar-refractivity contribution in [3.8, 4) is 5.75 Å². The first-order valence-corrected chi connectivity index (χ1v) is 15.6. The van der Waals surface area contributed by atoms with Crippen LogP contribution in [0.5, 0.6) is 5.75 Å². The molecule has 0 aliphatic heterocycles. The number of halogens is 1. The van der Waals surface area contributed by atoms with Crippen molar-refractivity contribution in [2.45, 2.75) is 71.0 Å². The van der Waals surface area contributed by atoms with E-state index in [-0.39, 0.29) is 23.4 Å². The molecule has 3 rings (SSSR count). The van der Waals surface area contributed by atoms with E-state index in [0.717, 1.165) is 9.87 Å². The maximum atomic E-state index is 14.1. The molecule has 2 atom stereocenters. The summed E-state index contributed by atoms with van der Waals surface area (Å²) in [5, 5.41) is 2.94. The lowest BCUT2D eigenvalue weighted by molar-refractivity contribution is -0.140. The molecule has 0 heterocycles. The van der Waals surface area contributed by atoms with Gasteiger partial charge in [0.05, 0.1) is 17.2 Å². The number of ether oxygens (including phenoxy) is 1. The minimum Gasteiger partial charge on any atom is -0.494 e. The molecule has 10 heteroatoms. The molecule has 0 aliphatic rings. The second kappa shape index (κ2) is 14.8. The summed E-state index contributed by atoms with van der Waals surface area (Å²) in [4.78, 5) is 28.8. The summed E-state index contributed by atoms with van der Waals surface area (Å²) in [7, 11) is -4.20. The Morgan fingerprint density at radius 1 is 0.905 bits per heavy atom. The number of amides is 2. The lowest BCUT2D eigenvalue weighted by atomic mass is 10.1. The highest BCUT2D eigenvalue weighted by Gasteiger charge is 2.34. The SMILES string of the molecule is CCOc1ccc(S(=O)(=O)N(CC(=O)N(Cc2ccc(F)cc2)[C@@H](CC)C(=O)N[C@@H](C)CC)c2ccc(C)cc2)cc1. The zero-order valence-electron chi connectivity index (χ0n) is 24.8. The summed E-state index contributed by atoms with van der Waals surface area (Å²) < 4.78 is 48.1. The fourth-order valence-corrected chi connectivity index (χ4v) is 5.80. The highest BCUT2D eigenvalue weighted by atomic mass is 32.2. The summed E-state index contributed by atoms with van der Waals surface area (Å²) >= 11 is 0. The molecular weight excluding hydrogens is 557 g/mol. The Labute approximate surface area is 248 Å². The molecule has 3 aromatic rings. The molecule has 0 saturated carbocycles. The van der Waals surface area contributed by atoms with E-state index < -0.39 is 34.3 Å². The molecule has 0 aromatic heterocycles. The van der Waals surface area contributed by atoms with Crippen LogP contribution in [0, 0.1) is 12.7 Å². The summed E-state index contributed by atoms with van der Waals surface area (Å²) in [6, 6.07) is 17.5. The van der Waals surface area contributed by atoms with Crippen LogP contribution < -0.4 is 14.4 Å². The Balaban J connectivity index is 2.04. The molecule has 0 bridgehead atoms. The van der Waals surface area contributed by atoms with Gasteiger partial charge in [-0.15, -0.1) is 0 Å². The number of benzene rings is 3. The summed E-state index contributed by atoms with van der Waals surface area (Å²) in [6.45, 7) is 9.21. The molecular formula is C32H40FN3O5S. The number of hydrogen-bond donors (Lipinski definition) is 1. The van der Waals surface area contributed by atoms with E-state index in [4.69, 9.17) is 4.74 Å². The van der Waals surface area contributed by atoms with E-state index in [1.165, 1.54) is 29.2 Å². The number of carbonyl (C=O) groups is 2. The summed E-state index contributed by atoms with van der Waals surface area (Å²) in [5.74, 6) is -0.803. The van der Waals surface area contributed by atoms with Crippen LogP contribution in [0.4, 0.5) is 10.1 Å². The number of sulfonamides is 1. The Morgan fingerprint density at radius 3 is 2.07 bits per heavy atom. The first kappa shape index (κ1) is 32.6. The maximum Gasteiger partial charge on any atom is 0.264 e. The van der Waals surface area contributed by atoms with Gasteiger partial charge in [-0.25, -0.2) is 12.8 Å². The van der Waals surface area contributed by atoms with Gasteiger partial charge in [0.2, 0.25) is 11.8 Å². The Bertz CT molecular complexity index is 1430. The third-order valence-electron chi connectivity index (χ3n) is 6.98. The van der Waals surface area contributed by atoms with Crippen LogP contribution in [0.25, 0.3) is 0 Å². The van der Waals surface area contributed by atoms with E-state index >= 15 is 0 Å². The van der Waals surface area contributed by atoms with Crippen LogP contribution in [-0.2, 0) is 26.2 Å². The monoisotopic (exact) mass is 597 g/mol. The number of hydrogen-bond acceptors (Lipinski definition) is 5. The lowest BCUT2D eigenvalue weighted by Crippen LogP contribution is -2.53. The van der Waals surface area contributed by atoms with Crippen LogP contribution in [0.2, 0.25) is 0 Å². The summed E-state index contributed by atoms with van der Waals surface area (Å²) in [5.41, 5.74) is 1.84. The number of carbonyl (C=O) groups excluding carboxylic acids is 2. The standard InChI is InChI=1S/C32H40FN3O5S/c1-6-24(5)34-32(38)30(7-2)35(21-25-11-13-26(33)14-12-25)31(37)22-36(27-15-9-23(4)10-16-27)42(39,40)29-19-17-28(18-20-29)41-8-3/h9-20,24,30H,6-8,21-22H2,1-5H3,(H,34,38)/t24-,30-/m0/s1. The highest BCUT2D eigenvalue weighted by Crippen LogP contribution is 2.26. The Morgan fingerprint density at radius 2 is 1.52 bits per heavy atom. The summed E-state index contributed by atoms with van der Waals surface area (Å²) in [6.07, 6.45) is 1.00. The fraction of sp³-hybridized carbons (Fsp3) is 0.375. The smallest absolute Gasteiger partial charge is 0.264 e. The van der Waals surface area contributed by atoms with Gasteiger partial charge in [-0.1, -0.05) is 43.7 Å². The van der Waals surface area contributed by atoms with Crippen molar-refractivity contribution >= 4 is 27.5 Å². The minimum atomic E-state index is -4.20. The zero-order valence-corrected chi connectivity index (χ0v) is 25.7. The third-order valence-corrected chi connectivity index (χ3v) is 8.76. The van der Waals surface area contributed by atoms with Gasteiger partial charge >= 0.3 is 0 Å². The average molecular weight is 598 g/mol. The fourth-order valence-electron chi connectivity index (χ4n) is 4.39. The molecule has 226 valence electrons. The maximum absolute atomic E-state index is 14.1. The molecule has 0 radical (unpaired) electrons. The van der Waals surface area contributed by atoms with Gasteiger partial charge in [-0.05, 0) is 87.7 Å². The molecule has 2 amide bonds. The number of aryl methyl sites for hydroxylation is 1.